The van der Waals surface area contributed by atoms with E-state index in [2.05, 4.69) is 21.1 Å². The Labute approximate surface area is 140 Å². The summed E-state index contributed by atoms with van der Waals surface area (Å²) in [5.74, 6) is 0.760. The molecular formula is C14H15BrN2O6. The predicted octanol–water partition coefficient (Wildman–Crippen LogP) is 1.74. The standard InChI is InChI=1S/C14H15BrN2O6/c1-5-8(14(16)18)17-23-9(5)6-7(15)11-13(22-4-21-11)12(20-3)10(6)19-2/h5,9H,4H2,1-3H3,(H2,16,18)/t5-,9-/m1/s1. The van der Waals surface area contributed by atoms with Crippen LogP contribution in [0.2, 0.25) is 0 Å². The largest absolute Gasteiger partial charge is 0.492 e. The SMILES string of the molecule is COc1c2c(c(Br)c([C@@H]3ON=C(C(N)=O)[C@H]3C)c1OC)OCO2. The van der Waals surface area contributed by atoms with Crippen LogP contribution >= 0.6 is 15.9 Å². The van der Waals surface area contributed by atoms with E-state index in [1.807, 2.05) is 0 Å². The van der Waals surface area contributed by atoms with E-state index in [0.29, 0.717) is 33.0 Å². The quantitative estimate of drug-likeness (QED) is 0.845. The average molecular weight is 387 g/mol. The Balaban J connectivity index is 2.15. The van der Waals surface area contributed by atoms with Gasteiger partial charge in [0.2, 0.25) is 18.3 Å². The van der Waals surface area contributed by atoms with Gasteiger partial charge >= 0.3 is 0 Å². The van der Waals surface area contributed by atoms with Crippen molar-refractivity contribution >= 4 is 27.5 Å². The molecule has 9 heteroatoms. The van der Waals surface area contributed by atoms with Gasteiger partial charge in [0, 0.05) is 0 Å². The first-order valence-electron chi connectivity index (χ1n) is 6.77. The molecule has 0 bridgehead atoms. The Kier molecular flexibility index (Phi) is 3.97. The summed E-state index contributed by atoms with van der Waals surface area (Å²) in [5.41, 5.74) is 6.10. The molecule has 1 aromatic rings. The fraction of sp³-hybridized carbons (Fsp3) is 0.429. The number of carbonyl (C=O) groups excluding carboxylic acids is 1. The molecule has 0 unspecified atom stereocenters. The van der Waals surface area contributed by atoms with Crippen LogP contribution in [-0.4, -0.2) is 32.6 Å². The maximum atomic E-state index is 11.4. The van der Waals surface area contributed by atoms with Crippen LogP contribution in [0.15, 0.2) is 9.63 Å². The number of oxime groups is 1. The highest BCUT2D eigenvalue weighted by Crippen LogP contribution is 2.57. The number of halogens is 1. The zero-order valence-corrected chi connectivity index (χ0v) is 14.3. The fourth-order valence-electron chi connectivity index (χ4n) is 2.70. The van der Waals surface area contributed by atoms with E-state index in [1.54, 1.807) is 6.92 Å². The van der Waals surface area contributed by atoms with Crippen LogP contribution in [0.1, 0.15) is 18.6 Å². The topological polar surface area (TPSA) is 102 Å². The van der Waals surface area contributed by atoms with Crippen LogP contribution in [-0.2, 0) is 9.63 Å². The van der Waals surface area contributed by atoms with Crippen molar-refractivity contribution in [3.8, 4) is 23.0 Å². The molecule has 1 amide bonds. The summed E-state index contributed by atoms with van der Waals surface area (Å²) in [7, 11) is 3.01. The minimum atomic E-state index is -0.622. The molecule has 0 saturated carbocycles. The predicted molar refractivity (Wildman–Crippen MR) is 83.0 cm³/mol. The van der Waals surface area contributed by atoms with Crippen LogP contribution in [0.3, 0.4) is 0 Å². The highest BCUT2D eigenvalue weighted by Gasteiger charge is 2.41. The van der Waals surface area contributed by atoms with Crippen molar-refractivity contribution in [1.82, 2.24) is 0 Å². The van der Waals surface area contributed by atoms with Gasteiger partial charge in [-0.25, -0.2) is 0 Å². The molecule has 2 atom stereocenters. The minimum absolute atomic E-state index is 0.0705. The minimum Gasteiger partial charge on any atom is -0.492 e. The van der Waals surface area contributed by atoms with E-state index in [4.69, 9.17) is 29.5 Å². The van der Waals surface area contributed by atoms with E-state index in [9.17, 15) is 4.79 Å². The molecule has 0 radical (unpaired) electrons. The molecule has 2 N–H and O–H groups in total. The van der Waals surface area contributed by atoms with Crippen LogP contribution in [0.25, 0.3) is 0 Å². The molecule has 2 aliphatic rings. The fourth-order valence-corrected chi connectivity index (χ4v) is 3.40. The number of rotatable bonds is 4. The number of nitrogens with two attached hydrogens (primary N) is 1. The number of hydrogen-bond donors (Lipinski definition) is 1. The summed E-state index contributed by atoms with van der Waals surface area (Å²) >= 11 is 3.49. The first-order valence-corrected chi connectivity index (χ1v) is 7.57. The molecule has 23 heavy (non-hydrogen) atoms. The van der Waals surface area contributed by atoms with Gasteiger partial charge in [0.05, 0.1) is 30.2 Å². The third-order valence-corrected chi connectivity index (χ3v) is 4.59. The lowest BCUT2D eigenvalue weighted by Crippen LogP contribution is -2.28. The van der Waals surface area contributed by atoms with Gasteiger partial charge in [0.15, 0.2) is 23.3 Å². The third kappa shape index (κ3) is 2.26. The second-order valence-corrected chi connectivity index (χ2v) is 5.81. The maximum Gasteiger partial charge on any atom is 0.266 e. The summed E-state index contributed by atoms with van der Waals surface area (Å²) in [4.78, 5) is 16.9. The van der Waals surface area contributed by atoms with Gasteiger partial charge in [-0.3, -0.25) is 4.79 Å². The summed E-state index contributed by atoms with van der Waals surface area (Å²) in [6, 6.07) is 0. The Morgan fingerprint density at radius 2 is 1.91 bits per heavy atom. The number of hydrogen-bond acceptors (Lipinski definition) is 7. The van der Waals surface area contributed by atoms with Crippen molar-refractivity contribution in [3.63, 3.8) is 0 Å². The Hall–Kier alpha value is -2.16. The zero-order chi connectivity index (χ0) is 16.7. The first kappa shape index (κ1) is 15.7. The number of primary amides is 1. The van der Waals surface area contributed by atoms with Gasteiger partial charge < -0.3 is 29.5 Å². The molecule has 124 valence electrons. The summed E-state index contributed by atoms with van der Waals surface area (Å²) < 4.78 is 22.4. The number of methoxy groups -OCH3 is 2. The second-order valence-electron chi connectivity index (χ2n) is 5.01. The zero-order valence-electron chi connectivity index (χ0n) is 12.7. The number of carbonyl (C=O) groups is 1. The van der Waals surface area contributed by atoms with Crippen LogP contribution in [0.5, 0.6) is 23.0 Å². The van der Waals surface area contributed by atoms with Gasteiger partial charge in [-0.05, 0) is 15.9 Å². The van der Waals surface area contributed by atoms with Crippen molar-refractivity contribution in [2.24, 2.45) is 16.8 Å². The molecule has 0 spiro atoms. The van der Waals surface area contributed by atoms with Gasteiger partial charge in [0.25, 0.3) is 5.91 Å². The smallest absolute Gasteiger partial charge is 0.266 e. The second kappa shape index (κ2) is 5.80. The average Bonchev–Trinajstić information content (AvgIpc) is 3.14. The van der Waals surface area contributed by atoms with Gasteiger partial charge in [0.1, 0.15) is 0 Å². The molecule has 8 nitrogen and oxygen atoms in total. The van der Waals surface area contributed by atoms with Crippen LogP contribution < -0.4 is 24.7 Å². The summed E-state index contributed by atoms with van der Waals surface area (Å²) in [6.07, 6.45) is -0.578. The highest BCUT2D eigenvalue weighted by atomic mass is 79.9. The summed E-state index contributed by atoms with van der Waals surface area (Å²) in [5, 5.41) is 3.79. The monoisotopic (exact) mass is 386 g/mol. The Bertz CT molecular complexity index is 705. The molecule has 2 heterocycles. The number of fused-ring (bicyclic) bond motifs is 1. The Morgan fingerprint density at radius 1 is 1.26 bits per heavy atom. The normalized spacial score (nSPS) is 21.7. The van der Waals surface area contributed by atoms with E-state index < -0.39 is 12.0 Å². The molecule has 0 fully saturated rings. The lowest BCUT2D eigenvalue weighted by Gasteiger charge is -2.22. The molecule has 0 aromatic heterocycles. The third-order valence-electron chi connectivity index (χ3n) is 3.80. The van der Waals surface area contributed by atoms with Crippen molar-refractivity contribution < 1.29 is 28.6 Å². The van der Waals surface area contributed by atoms with Crippen LogP contribution in [0.4, 0.5) is 0 Å². The van der Waals surface area contributed by atoms with E-state index in [0.717, 1.165) is 0 Å². The van der Waals surface area contributed by atoms with Crippen LogP contribution in [0, 0.1) is 5.92 Å². The Morgan fingerprint density at radius 3 is 2.48 bits per heavy atom. The van der Waals surface area contributed by atoms with Gasteiger partial charge in [-0.2, -0.15) is 0 Å². The molecule has 3 rings (SSSR count). The number of nitrogens with zero attached hydrogens (tertiary/aromatic N) is 1. The molecule has 0 saturated heterocycles. The highest BCUT2D eigenvalue weighted by molar-refractivity contribution is 9.10. The maximum absolute atomic E-state index is 11.4. The number of ether oxygens (including phenoxy) is 4. The lowest BCUT2D eigenvalue weighted by atomic mass is 9.92. The number of amides is 1. The van der Waals surface area contributed by atoms with E-state index in [-0.39, 0.29) is 18.4 Å². The number of benzene rings is 1. The van der Waals surface area contributed by atoms with Crippen molar-refractivity contribution in [1.29, 1.82) is 0 Å². The first-order chi connectivity index (χ1) is 11.0. The molecule has 0 aliphatic carbocycles. The van der Waals surface area contributed by atoms with Crippen molar-refractivity contribution in [2.75, 3.05) is 21.0 Å². The molecular weight excluding hydrogens is 372 g/mol. The summed E-state index contributed by atoms with van der Waals surface area (Å²) in [6.45, 7) is 1.87. The lowest BCUT2D eigenvalue weighted by molar-refractivity contribution is -0.112. The van der Waals surface area contributed by atoms with E-state index >= 15 is 0 Å². The van der Waals surface area contributed by atoms with Crippen molar-refractivity contribution in [2.45, 2.75) is 13.0 Å². The van der Waals surface area contributed by atoms with Gasteiger partial charge in [-0.15, -0.1) is 0 Å². The van der Waals surface area contributed by atoms with Gasteiger partial charge in [-0.1, -0.05) is 12.1 Å². The van der Waals surface area contributed by atoms with E-state index in [1.165, 1.54) is 14.2 Å². The molecule has 1 aromatic carbocycles. The molecule has 2 aliphatic heterocycles. The van der Waals surface area contributed by atoms with Crippen molar-refractivity contribution in [3.05, 3.63) is 10.0 Å².